The van der Waals surface area contributed by atoms with Crippen LogP contribution < -0.4 is 0 Å². The van der Waals surface area contributed by atoms with Crippen molar-refractivity contribution in [3.8, 4) is 0 Å². The molecule has 0 bridgehead atoms. The predicted octanol–water partition coefficient (Wildman–Crippen LogP) is 3.57. The van der Waals surface area contributed by atoms with Crippen molar-refractivity contribution in [2.75, 3.05) is 19.8 Å². The number of hydrogen-bond donors (Lipinski definition) is 0. The maximum Gasteiger partial charge on any atom is 0.0898 e. The minimum absolute atomic E-state index is 0.224. The van der Waals surface area contributed by atoms with Crippen LogP contribution in [0.1, 0.15) is 22.4 Å². The molecular formula is C18H19N3OS. The van der Waals surface area contributed by atoms with E-state index in [4.69, 9.17) is 9.72 Å². The highest BCUT2D eigenvalue weighted by atomic mass is 32.1. The van der Waals surface area contributed by atoms with Gasteiger partial charge in [0.05, 0.1) is 41.2 Å². The number of pyridine rings is 1. The highest BCUT2D eigenvalue weighted by Crippen LogP contribution is 2.27. The van der Waals surface area contributed by atoms with E-state index in [1.807, 2.05) is 19.1 Å². The van der Waals surface area contributed by atoms with Gasteiger partial charge in [0.1, 0.15) is 0 Å². The van der Waals surface area contributed by atoms with Gasteiger partial charge in [-0.15, -0.1) is 11.3 Å². The Labute approximate surface area is 139 Å². The molecule has 0 saturated carbocycles. The second kappa shape index (κ2) is 6.35. The number of rotatable bonds is 3. The van der Waals surface area contributed by atoms with Gasteiger partial charge in [-0.1, -0.05) is 24.3 Å². The van der Waals surface area contributed by atoms with Crippen LogP contribution in [0.25, 0.3) is 10.9 Å². The fourth-order valence-electron chi connectivity index (χ4n) is 3.04. The summed E-state index contributed by atoms with van der Waals surface area (Å²) in [6.45, 7) is 5.27. The van der Waals surface area contributed by atoms with Gasteiger partial charge in [-0.25, -0.2) is 4.98 Å². The maximum absolute atomic E-state index is 5.69. The molecule has 1 unspecified atom stereocenters. The van der Waals surface area contributed by atoms with Gasteiger partial charge in [0.25, 0.3) is 0 Å². The van der Waals surface area contributed by atoms with E-state index < -0.39 is 0 Å². The lowest BCUT2D eigenvalue weighted by Crippen LogP contribution is -2.39. The number of fused-ring (bicyclic) bond motifs is 1. The average Bonchev–Trinajstić information content (AvgIpc) is 3.01. The zero-order chi connectivity index (χ0) is 15.6. The molecule has 4 nitrogen and oxygen atoms in total. The van der Waals surface area contributed by atoms with Crippen molar-refractivity contribution < 1.29 is 4.74 Å². The lowest BCUT2D eigenvalue weighted by molar-refractivity contribution is -0.0145. The number of aryl methyl sites for hydroxylation is 1. The topological polar surface area (TPSA) is 38.2 Å². The maximum atomic E-state index is 5.69. The van der Waals surface area contributed by atoms with Crippen molar-refractivity contribution in [2.24, 2.45) is 0 Å². The largest absolute Gasteiger partial charge is 0.378 e. The summed E-state index contributed by atoms with van der Waals surface area (Å²) in [5.41, 5.74) is 3.27. The molecule has 1 atom stereocenters. The summed E-state index contributed by atoms with van der Waals surface area (Å²) in [6, 6.07) is 12.8. The third-order valence-corrected chi connectivity index (χ3v) is 5.03. The van der Waals surface area contributed by atoms with E-state index in [0.29, 0.717) is 6.61 Å². The van der Waals surface area contributed by atoms with Crippen LogP contribution in [0.4, 0.5) is 0 Å². The fourth-order valence-corrected chi connectivity index (χ4v) is 3.70. The van der Waals surface area contributed by atoms with Gasteiger partial charge in [-0.05, 0) is 19.1 Å². The van der Waals surface area contributed by atoms with E-state index >= 15 is 0 Å². The number of hydrogen-bond acceptors (Lipinski definition) is 5. The number of nitrogens with zero attached hydrogens (tertiary/aromatic N) is 3. The molecule has 1 fully saturated rings. The smallest absolute Gasteiger partial charge is 0.0898 e. The third kappa shape index (κ3) is 3.13. The van der Waals surface area contributed by atoms with Crippen LogP contribution in [0.2, 0.25) is 0 Å². The Hall–Kier alpha value is -1.82. The van der Waals surface area contributed by atoms with Crippen LogP contribution in [-0.2, 0) is 11.3 Å². The van der Waals surface area contributed by atoms with Crippen LogP contribution in [0.3, 0.4) is 0 Å². The monoisotopic (exact) mass is 325 g/mol. The number of ether oxygens (including phenoxy) is 1. The summed E-state index contributed by atoms with van der Waals surface area (Å²) in [5, 5.41) is 4.44. The van der Waals surface area contributed by atoms with Crippen LogP contribution in [0.15, 0.2) is 41.8 Å². The van der Waals surface area contributed by atoms with Crippen molar-refractivity contribution in [3.05, 3.63) is 58.2 Å². The first-order valence-electron chi connectivity index (χ1n) is 7.88. The summed E-state index contributed by atoms with van der Waals surface area (Å²) < 4.78 is 5.69. The zero-order valence-electron chi connectivity index (χ0n) is 13.1. The molecule has 0 amide bonds. The van der Waals surface area contributed by atoms with Gasteiger partial charge >= 0.3 is 0 Å². The Kier molecular flexibility index (Phi) is 4.08. The molecule has 0 radical (unpaired) electrons. The molecule has 1 aliphatic heterocycles. The molecule has 4 rings (SSSR count). The molecule has 0 spiro atoms. The second-order valence-corrected chi connectivity index (χ2v) is 6.91. The van der Waals surface area contributed by atoms with Crippen molar-refractivity contribution in [1.82, 2.24) is 14.9 Å². The second-order valence-electron chi connectivity index (χ2n) is 5.85. The normalized spacial score (nSPS) is 19.3. The van der Waals surface area contributed by atoms with Crippen molar-refractivity contribution in [3.63, 3.8) is 0 Å². The van der Waals surface area contributed by atoms with Gasteiger partial charge < -0.3 is 4.74 Å². The molecule has 3 aromatic rings. The first-order valence-corrected chi connectivity index (χ1v) is 8.76. The Morgan fingerprint density at radius 1 is 1.22 bits per heavy atom. The third-order valence-electron chi connectivity index (χ3n) is 4.24. The van der Waals surface area contributed by atoms with E-state index in [0.717, 1.165) is 41.6 Å². The van der Waals surface area contributed by atoms with E-state index in [2.05, 4.69) is 39.5 Å². The molecule has 5 heteroatoms. The summed E-state index contributed by atoms with van der Waals surface area (Å²) in [7, 11) is 0. The SMILES string of the molecule is Cc1nc(C2COCCN2Cc2ccc3ccccc3n2)cs1. The first kappa shape index (κ1) is 14.8. The van der Waals surface area contributed by atoms with Crippen molar-refractivity contribution in [2.45, 2.75) is 19.5 Å². The Morgan fingerprint density at radius 2 is 2.13 bits per heavy atom. The van der Waals surface area contributed by atoms with Gasteiger partial charge in [0.2, 0.25) is 0 Å². The highest BCUT2D eigenvalue weighted by molar-refractivity contribution is 7.09. The lowest BCUT2D eigenvalue weighted by Gasteiger charge is -2.34. The molecule has 1 aromatic carbocycles. The van der Waals surface area contributed by atoms with Crippen LogP contribution in [-0.4, -0.2) is 34.6 Å². The van der Waals surface area contributed by atoms with Crippen molar-refractivity contribution >= 4 is 22.2 Å². The van der Waals surface area contributed by atoms with Gasteiger partial charge in [-0.3, -0.25) is 9.88 Å². The molecule has 2 aromatic heterocycles. The Bertz CT molecular complexity index is 817. The van der Waals surface area contributed by atoms with E-state index in [-0.39, 0.29) is 6.04 Å². The highest BCUT2D eigenvalue weighted by Gasteiger charge is 2.26. The van der Waals surface area contributed by atoms with Gasteiger partial charge in [0.15, 0.2) is 0 Å². The molecule has 0 N–H and O–H groups in total. The minimum Gasteiger partial charge on any atom is -0.378 e. The molecule has 3 heterocycles. The Balaban J connectivity index is 1.59. The van der Waals surface area contributed by atoms with E-state index in [9.17, 15) is 0 Å². The van der Waals surface area contributed by atoms with Gasteiger partial charge in [-0.2, -0.15) is 0 Å². The van der Waals surface area contributed by atoms with Gasteiger partial charge in [0, 0.05) is 23.9 Å². The number of benzene rings is 1. The van der Waals surface area contributed by atoms with Crippen molar-refractivity contribution in [1.29, 1.82) is 0 Å². The van der Waals surface area contributed by atoms with Crippen LogP contribution in [0, 0.1) is 6.92 Å². The molecule has 0 aliphatic carbocycles. The van der Waals surface area contributed by atoms with E-state index in [1.54, 1.807) is 11.3 Å². The number of morpholine rings is 1. The molecule has 1 aliphatic rings. The summed E-state index contributed by atoms with van der Waals surface area (Å²) >= 11 is 1.70. The summed E-state index contributed by atoms with van der Waals surface area (Å²) in [5.74, 6) is 0. The first-order chi connectivity index (χ1) is 11.3. The molecule has 118 valence electrons. The zero-order valence-corrected chi connectivity index (χ0v) is 13.9. The van der Waals surface area contributed by atoms with Crippen LogP contribution in [0.5, 0.6) is 0 Å². The molecule has 23 heavy (non-hydrogen) atoms. The average molecular weight is 325 g/mol. The standard InChI is InChI=1S/C18H19N3OS/c1-13-19-17(12-23-13)18-11-22-9-8-21(18)10-15-7-6-14-4-2-3-5-16(14)20-15/h2-7,12,18H,8-11H2,1H3. The quantitative estimate of drug-likeness (QED) is 0.738. The van der Waals surface area contributed by atoms with Crippen LogP contribution >= 0.6 is 11.3 Å². The summed E-state index contributed by atoms with van der Waals surface area (Å²) in [4.78, 5) is 11.9. The summed E-state index contributed by atoms with van der Waals surface area (Å²) in [6.07, 6.45) is 0. The number of thiazole rings is 1. The lowest BCUT2D eigenvalue weighted by atomic mass is 10.1. The molecular weight excluding hydrogens is 306 g/mol. The number of para-hydroxylation sites is 1. The molecule has 1 saturated heterocycles. The number of aromatic nitrogens is 2. The van der Waals surface area contributed by atoms with E-state index in [1.165, 1.54) is 5.39 Å². The Morgan fingerprint density at radius 3 is 3.00 bits per heavy atom. The fraction of sp³-hybridized carbons (Fsp3) is 0.333. The minimum atomic E-state index is 0.224. The predicted molar refractivity (Wildman–Crippen MR) is 92.6 cm³/mol.